The molecule has 0 radical (unpaired) electrons. The molecule has 1 atom stereocenters. The molecule has 0 aliphatic heterocycles. The molecule has 0 bridgehead atoms. The number of carboxylic acid groups (broad SMARTS) is 1. The fourth-order valence-corrected chi connectivity index (χ4v) is 1.60. The van der Waals surface area contributed by atoms with Gasteiger partial charge in [-0.3, -0.25) is 25.0 Å². The van der Waals surface area contributed by atoms with Crippen molar-refractivity contribution in [1.82, 2.24) is 0 Å². The van der Waals surface area contributed by atoms with E-state index in [4.69, 9.17) is 10.8 Å². The monoisotopic (exact) mass is 334 g/mol. The molecule has 10 nitrogen and oxygen atoms in total. The van der Waals surface area contributed by atoms with Gasteiger partial charge >= 0.3 is 5.97 Å². The Morgan fingerprint density at radius 3 is 2.45 bits per heavy atom. The van der Waals surface area contributed by atoms with Crippen molar-refractivity contribution < 1.29 is 19.7 Å². The van der Waals surface area contributed by atoms with Crippen molar-refractivity contribution in [2.75, 3.05) is 11.9 Å². The summed E-state index contributed by atoms with van der Waals surface area (Å²) in [4.78, 5) is 30.5. The minimum Gasteiger partial charge on any atom is -0.480 e. The van der Waals surface area contributed by atoms with E-state index in [-0.39, 0.29) is 36.7 Å². The Labute approximate surface area is 131 Å². The number of halogens is 1. The molecule has 0 fully saturated rings. The van der Waals surface area contributed by atoms with Gasteiger partial charge in [-0.1, -0.05) is 0 Å². The van der Waals surface area contributed by atoms with E-state index in [0.717, 1.165) is 12.1 Å². The summed E-state index contributed by atoms with van der Waals surface area (Å²) in [6.07, 6.45) is 0.602. The number of nitrogens with two attached hydrogens (primary N) is 1. The van der Waals surface area contributed by atoms with Gasteiger partial charge in [0.05, 0.1) is 15.9 Å². The Kier molecular flexibility index (Phi) is 7.77. The molecular weight excluding hydrogens is 320 g/mol. The summed E-state index contributed by atoms with van der Waals surface area (Å²) in [6.45, 7) is 0.264. The lowest BCUT2D eigenvalue weighted by atomic mass is 10.1. The third kappa shape index (κ3) is 5.50. The van der Waals surface area contributed by atoms with Crippen LogP contribution in [0.1, 0.15) is 12.8 Å². The normalized spacial score (nSPS) is 11.1. The lowest BCUT2D eigenvalue weighted by molar-refractivity contribution is -0.393. The molecule has 122 valence electrons. The third-order valence-corrected chi connectivity index (χ3v) is 2.71. The van der Waals surface area contributed by atoms with Crippen LogP contribution in [0.15, 0.2) is 18.2 Å². The fourth-order valence-electron chi connectivity index (χ4n) is 1.60. The second-order valence-corrected chi connectivity index (χ2v) is 4.23. The molecule has 0 aromatic heterocycles. The number of hydrogen-bond acceptors (Lipinski definition) is 7. The van der Waals surface area contributed by atoms with Gasteiger partial charge in [-0.25, -0.2) is 0 Å². The molecule has 4 N–H and O–H groups in total. The van der Waals surface area contributed by atoms with Crippen LogP contribution >= 0.6 is 12.4 Å². The number of nitro benzene ring substituents is 2. The second kappa shape index (κ2) is 8.74. The van der Waals surface area contributed by atoms with Crippen LogP contribution in [0.4, 0.5) is 17.1 Å². The zero-order valence-electron chi connectivity index (χ0n) is 11.3. The Hall–Kier alpha value is -2.46. The Balaban J connectivity index is 0.00000441. The van der Waals surface area contributed by atoms with Crippen LogP contribution in [0.5, 0.6) is 0 Å². The average molecular weight is 335 g/mol. The van der Waals surface area contributed by atoms with Crippen molar-refractivity contribution in [3.05, 3.63) is 38.4 Å². The van der Waals surface area contributed by atoms with Gasteiger partial charge in [0.2, 0.25) is 0 Å². The topological polar surface area (TPSA) is 162 Å². The van der Waals surface area contributed by atoms with Crippen molar-refractivity contribution in [2.45, 2.75) is 18.9 Å². The standard InChI is InChI=1S/C11H14N4O6.ClH/c12-8(11(16)17)2-1-5-13-9-4-3-7(14(18)19)6-10(9)15(20)21;/h3-4,6,8,13H,1-2,5,12H2,(H,16,17);1H/t8-;/m0./s1. The van der Waals surface area contributed by atoms with Crippen LogP contribution in [0.2, 0.25) is 0 Å². The van der Waals surface area contributed by atoms with Gasteiger partial charge < -0.3 is 16.2 Å². The first-order valence-corrected chi connectivity index (χ1v) is 5.98. The second-order valence-electron chi connectivity index (χ2n) is 4.23. The van der Waals surface area contributed by atoms with E-state index < -0.39 is 27.5 Å². The average Bonchev–Trinajstić information content (AvgIpc) is 2.42. The van der Waals surface area contributed by atoms with E-state index in [9.17, 15) is 25.0 Å². The predicted octanol–water partition coefficient (Wildman–Crippen LogP) is 1.53. The maximum atomic E-state index is 10.9. The molecule has 11 heteroatoms. The van der Waals surface area contributed by atoms with Gasteiger partial charge in [0.15, 0.2) is 0 Å². The number of non-ortho nitro benzene ring substituents is 1. The predicted molar refractivity (Wildman–Crippen MR) is 80.3 cm³/mol. The molecule has 0 aliphatic rings. The minimum atomic E-state index is -1.11. The molecule has 0 amide bonds. The van der Waals surface area contributed by atoms with Gasteiger partial charge in [0, 0.05) is 12.6 Å². The zero-order chi connectivity index (χ0) is 16.0. The van der Waals surface area contributed by atoms with Crippen LogP contribution in [0.25, 0.3) is 0 Å². The summed E-state index contributed by atoms with van der Waals surface area (Å²) >= 11 is 0. The molecule has 0 saturated carbocycles. The van der Waals surface area contributed by atoms with Gasteiger partial charge in [0.1, 0.15) is 11.7 Å². The highest BCUT2D eigenvalue weighted by molar-refractivity contribution is 5.85. The first-order chi connectivity index (χ1) is 9.82. The van der Waals surface area contributed by atoms with Crippen LogP contribution in [-0.2, 0) is 4.79 Å². The molecule has 0 spiro atoms. The number of carboxylic acids is 1. The van der Waals surface area contributed by atoms with Crippen LogP contribution < -0.4 is 11.1 Å². The largest absolute Gasteiger partial charge is 0.480 e. The van der Waals surface area contributed by atoms with Gasteiger partial charge in [-0.05, 0) is 18.9 Å². The van der Waals surface area contributed by atoms with E-state index in [1.54, 1.807) is 0 Å². The summed E-state index contributed by atoms with van der Waals surface area (Å²) in [5.74, 6) is -1.11. The van der Waals surface area contributed by atoms with Crippen molar-refractivity contribution in [3.63, 3.8) is 0 Å². The summed E-state index contributed by atoms with van der Waals surface area (Å²) in [7, 11) is 0. The quantitative estimate of drug-likeness (QED) is 0.366. The maximum Gasteiger partial charge on any atom is 0.320 e. The lowest BCUT2D eigenvalue weighted by Crippen LogP contribution is -2.30. The zero-order valence-corrected chi connectivity index (χ0v) is 12.1. The number of rotatable bonds is 8. The maximum absolute atomic E-state index is 10.9. The first kappa shape index (κ1) is 19.5. The number of hydrogen-bond donors (Lipinski definition) is 3. The van der Waals surface area contributed by atoms with E-state index in [2.05, 4.69) is 5.32 Å². The minimum absolute atomic E-state index is 0. The van der Waals surface area contributed by atoms with Crippen molar-refractivity contribution >= 4 is 35.4 Å². The fraction of sp³-hybridized carbons (Fsp3) is 0.364. The summed E-state index contributed by atoms with van der Waals surface area (Å²) in [5.41, 5.74) is 4.67. The SMILES string of the molecule is Cl.N[C@@H](CCCNc1ccc([N+](=O)[O-])cc1[N+](=O)[O-])C(=O)O. The number of nitro groups is 2. The highest BCUT2D eigenvalue weighted by Crippen LogP contribution is 2.28. The Bertz CT molecular complexity index is 568. The van der Waals surface area contributed by atoms with Crippen LogP contribution in [0, 0.1) is 20.2 Å². The summed E-state index contributed by atoms with van der Waals surface area (Å²) < 4.78 is 0. The molecule has 0 saturated heterocycles. The van der Waals surface area contributed by atoms with E-state index >= 15 is 0 Å². The summed E-state index contributed by atoms with van der Waals surface area (Å²) in [6, 6.07) is 2.27. The number of anilines is 1. The molecule has 1 aromatic rings. The van der Waals surface area contributed by atoms with Crippen LogP contribution in [-0.4, -0.2) is 33.5 Å². The lowest BCUT2D eigenvalue weighted by Gasteiger charge is -2.08. The molecule has 0 unspecified atom stereocenters. The van der Waals surface area contributed by atoms with E-state index in [1.807, 2.05) is 0 Å². The molecule has 1 rings (SSSR count). The molecule has 0 aliphatic carbocycles. The third-order valence-electron chi connectivity index (χ3n) is 2.71. The highest BCUT2D eigenvalue weighted by atomic mass is 35.5. The molecule has 0 heterocycles. The van der Waals surface area contributed by atoms with Gasteiger partial charge in [-0.15, -0.1) is 12.4 Å². The molecule has 22 heavy (non-hydrogen) atoms. The van der Waals surface area contributed by atoms with E-state index in [0.29, 0.717) is 6.42 Å². The smallest absolute Gasteiger partial charge is 0.320 e. The number of carbonyl (C=O) groups is 1. The number of benzene rings is 1. The van der Waals surface area contributed by atoms with Crippen molar-refractivity contribution in [3.8, 4) is 0 Å². The van der Waals surface area contributed by atoms with E-state index in [1.165, 1.54) is 6.07 Å². The Morgan fingerprint density at radius 1 is 1.32 bits per heavy atom. The number of aliphatic carboxylic acids is 1. The highest BCUT2D eigenvalue weighted by Gasteiger charge is 2.19. The van der Waals surface area contributed by atoms with Crippen LogP contribution in [0.3, 0.4) is 0 Å². The van der Waals surface area contributed by atoms with Gasteiger partial charge in [0.25, 0.3) is 11.4 Å². The van der Waals surface area contributed by atoms with Crippen molar-refractivity contribution in [1.29, 1.82) is 0 Å². The number of nitrogens with zero attached hydrogens (tertiary/aromatic N) is 2. The molecular formula is C11H15ClN4O6. The van der Waals surface area contributed by atoms with Crippen molar-refractivity contribution in [2.24, 2.45) is 5.73 Å². The summed E-state index contributed by atoms with van der Waals surface area (Å²) in [5, 5.41) is 32.8. The Morgan fingerprint density at radius 2 is 1.95 bits per heavy atom. The van der Waals surface area contributed by atoms with Gasteiger partial charge in [-0.2, -0.15) is 0 Å². The molecule has 1 aromatic carbocycles. The first-order valence-electron chi connectivity index (χ1n) is 5.98. The number of nitrogens with one attached hydrogen (secondary N) is 1.